The number of carbonyl (C=O) groups excluding carboxylic acids is 1. The molecule has 7 heteroatoms. The van der Waals surface area contributed by atoms with Gasteiger partial charge in [0.15, 0.2) is 0 Å². The van der Waals surface area contributed by atoms with Crippen molar-refractivity contribution in [2.24, 2.45) is 7.05 Å². The van der Waals surface area contributed by atoms with Crippen LogP contribution in [0.1, 0.15) is 38.6 Å². The number of amides is 1. The third-order valence-electron chi connectivity index (χ3n) is 3.88. The number of rotatable bonds is 3. The van der Waals surface area contributed by atoms with Gasteiger partial charge >= 0.3 is 0 Å². The number of aromatic nitrogens is 3. The standard InChI is InChI=1S/C16H22N4O2S/c1-10-8-13(19(5)18-10)20-7-6-11(14(20)21)23-15-17-9-12(22-15)16(2,3)4/h8-9,11H,6-7H2,1-5H3/t11-/m1/s1. The number of hydrogen-bond acceptors (Lipinski definition) is 5. The van der Waals surface area contributed by atoms with Crippen LogP contribution in [-0.2, 0) is 17.3 Å². The van der Waals surface area contributed by atoms with Crippen LogP contribution in [0.5, 0.6) is 0 Å². The second kappa shape index (κ2) is 5.70. The van der Waals surface area contributed by atoms with Gasteiger partial charge < -0.3 is 4.42 Å². The summed E-state index contributed by atoms with van der Waals surface area (Å²) >= 11 is 1.41. The van der Waals surface area contributed by atoms with Gasteiger partial charge in [-0.15, -0.1) is 0 Å². The monoisotopic (exact) mass is 334 g/mol. The van der Waals surface area contributed by atoms with Crippen molar-refractivity contribution in [1.82, 2.24) is 14.8 Å². The Labute approximate surface area is 140 Å². The second-order valence-electron chi connectivity index (χ2n) is 6.89. The molecule has 1 aliphatic heterocycles. The largest absolute Gasteiger partial charge is 0.436 e. The minimum absolute atomic E-state index is 0.0796. The van der Waals surface area contributed by atoms with E-state index in [1.165, 1.54) is 11.8 Å². The Bertz CT molecular complexity index is 729. The Morgan fingerprint density at radius 3 is 2.70 bits per heavy atom. The van der Waals surface area contributed by atoms with E-state index < -0.39 is 0 Å². The maximum absolute atomic E-state index is 12.7. The van der Waals surface area contributed by atoms with Gasteiger partial charge in [-0.05, 0) is 13.3 Å². The summed E-state index contributed by atoms with van der Waals surface area (Å²) in [7, 11) is 1.86. The highest BCUT2D eigenvalue weighted by Crippen LogP contribution is 2.34. The third kappa shape index (κ3) is 3.15. The lowest BCUT2D eigenvalue weighted by Crippen LogP contribution is -2.29. The fraction of sp³-hybridized carbons (Fsp3) is 0.562. The highest BCUT2D eigenvalue weighted by molar-refractivity contribution is 8.00. The number of hydrogen-bond donors (Lipinski definition) is 0. The molecule has 0 N–H and O–H groups in total. The number of aryl methyl sites for hydroxylation is 2. The molecule has 2 aromatic rings. The fourth-order valence-corrected chi connectivity index (χ4v) is 3.57. The quantitative estimate of drug-likeness (QED) is 0.863. The summed E-state index contributed by atoms with van der Waals surface area (Å²) in [5.74, 6) is 1.77. The van der Waals surface area contributed by atoms with Crippen molar-refractivity contribution in [1.29, 1.82) is 0 Å². The normalized spacial score (nSPS) is 18.9. The van der Waals surface area contributed by atoms with E-state index in [-0.39, 0.29) is 16.6 Å². The van der Waals surface area contributed by atoms with Gasteiger partial charge in [0.05, 0.1) is 17.1 Å². The fourth-order valence-electron chi connectivity index (χ4n) is 2.62. The first kappa shape index (κ1) is 16.1. The van der Waals surface area contributed by atoms with E-state index in [0.29, 0.717) is 11.8 Å². The molecular formula is C16H22N4O2S. The minimum Gasteiger partial charge on any atom is -0.436 e. The van der Waals surface area contributed by atoms with Gasteiger partial charge in [0.1, 0.15) is 11.6 Å². The Hall–Kier alpha value is -1.76. The van der Waals surface area contributed by atoms with Crippen molar-refractivity contribution in [2.75, 3.05) is 11.4 Å². The molecule has 3 rings (SSSR count). The number of thioether (sulfide) groups is 1. The molecule has 0 aliphatic carbocycles. The van der Waals surface area contributed by atoms with Crippen molar-refractivity contribution in [2.45, 2.75) is 50.0 Å². The Balaban J connectivity index is 1.72. The summed E-state index contributed by atoms with van der Waals surface area (Å²) in [5, 5.41) is 4.72. The number of anilines is 1. The van der Waals surface area contributed by atoms with Gasteiger partial charge in [0, 0.05) is 25.1 Å². The van der Waals surface area contributed by atoms with Crippen LogP contribution in [0.4, 0.5) is 5.82 Å². The highest BCUT2D eigenvalue weighted by atomic mass is 32.2. The van der Waals surface area contributed by atoms with Crippen LogP contribution in [0.2, 0.25) is 0 Å². The van der Waals surface area contributed by atoms with E-state index in [1.54, 1.807) is 15.8 Å². The number of carbonyl (C=O) groups is 1. The molecule has 6 nitrogen and oxygen atoms in total. The summed E-state index contributed by atoms with van der Waals surface area (Å²) in [4.78, 5) is 18.8. The van der Waals surface area contributed by atoms with Gasteiger partial charge in [-0.2, -0.15) is 5.10 Å². The smallest absolute Gasteiger partial charge is 0.256 e. The average molecular weight is 334 g/mol. The second-order valence-corrected chi connectivity index (χ2v) is 8.05. The van der Waals surface area contributed by atoms with E-state index in [4.69, 9.17) is 4.42 Å². The Morgan fingerprint density at radius 2 is 2.13 bits per heavy atom. The molecular weight excluding hydrogens is 312 g/mol. The van der Waals surface area contributed by atoms with E-state index in [0.717, 1.165) is 23.7 Å². The lowest BCUT2D eigenvalue weighted by atomic mass is 9.94. The Kier molecular flexibility index (Phi) is 4.00. The molecule has 2 aromatic heterocycles. The van der Waals surface area contributed by atoms with E-state index >= 15 is 0 Å². The van der Waals surface area contributed by atoms with Crippen LogP contribution in [0, 0.1) is 6.92 Å². The SMILES string of the molecule is Cc1cc(N2CC[C@@H](Sc3ncc(C(C)(C)C)o3)C2=O)n(C)n1. The molecule has 0 unspecified atom stereocenters. The molecule has 0 spiro atoms. The van der Waals surface area contributed by atoms with E-state index in [2.05, 4.69) is 30.9 Å². The summed E-state index contributed by atoms with van der Waals surface area (Å²) < 4.78 is 7.54. The van der Waals surface area contributed by atoms with Crippen LogP contribution in [0.3, 0.4) is 0 Å². The highest BCUT2D eigenvalue weighted by Gasteiger charge is 2.36. The molecule has 0 saturated carbocycles. The molecule has 0 bridgehead atoms. The van der Waals surface area contributed by atoms with Gasteiger partial charge in [0.25, 0.3) is 5.22 Å². The van der Waals surface area contributed by atoms with Gasteiger partial charge in [-0.3, -0.25) is 14.4 Å². The summed E-state index contributed by atoms with van der Waals surface area (Å²) in [6.45, 7) is 8.86. The van der Waals surface area contributed by atoms with Crippen molar-refractivity contribution in [3.8, 4) is 0 Å². The molecule has 0 radical (unpaired) electrons. The number of nitrogens with zero attached hydrogens (tertiary/aromatic N) is 4. The molecule has 23 heavy (non-hydrogen) atoms. The van der Waals surface area contributed by atoms with Gasteiger partial charge in [0.2, 0.25) is 5.91 Å². The lowest BCUT2D eigenvalue weighted by Gasteiger charge is -2.16. The van der Waals surface area contributed by atoms with Crippen molar-refractivity contribution in [3.63, 3.8) is 0 Å². The molecule has 1 atom stereocenters. The first-order valence-corrected chi connectivity index (χ1v) is 8.58. The molecule has 1 aliphatic rings. The predicted molar refractivity (Wildman–Crippen MR) is 89.8 cm³/mol. The molecule has 124 valence electrons. The van der Waals surface area contributed by atoms with Crippen LogP contribution in [0.25, 0.3) is 0 Å². The maximum atomic E-state index is 12.7. The lowest BCUT2D eigenvalue weighted by molar-refractivity contribution is -0.116. The first-order valence-electron chi connectivity index (χ1n) is 7.70. The zero-order valence-corrected chi connectivity index (χ0v) is 15.0. The predicted octanol–water partition coefficient (Wildman–Crippen LogP) is 2.91. The topological polar surface area (TPSA) is 64.2 Å². The zero-order chi connectivity index (χ0) is 16.8. The molecule has 1 saturated heterocycles. The minimum atomic E-state index is -0.156. The Morgan fingerprint density at radius 1 is 1.39 bits per heavy atom. The average Bonchev–Trinajstić information content (AvgIpc) is 3.12. The zero-order valence-electron chi connectivity index (χ0n) is 14.2. The van der Waals surface area contributed by atoms with Gasteiger partial charge in [-0.1, -0.05) is 32.5 Å². The third-order valence-corrected chi connectivity index (χ3v) is 4.99. The van der Waals surface area contributed by atoms with Crippen molar-refractivity contribution >= 4 is 23.5 Å². The van der Waals surface area contributed by atoms with E-state index in [9.17, 15) is 4.79 Å². The first-order chi connectivity index (χ1) is 10.8. The molecule has 3 heterocycles. The van der Waals surface area contributed by atoms with Crippen LogP contribution >= 0.6 is 11.8 Å². The molecule has 0 aromatic carbocycles. The molecule has 1 amide bonds. The molecule has 1 fully saturated rings. The van der Waals surface area contributed by atoms with Crippen LogP contribution in [0.15, 0.2) is 21.9 Å². The van der Waals surface area contributed by atoms with Crippen molar-refractivity contribution < 1.29 is 9.21 Å². The maximum Gasteiger partial charge on any atom is 0.256 e. The summed E-state index contributed by atoms with van der Waals surface area (Å²) in [6, 6.07) is 1.94. The van der Waals surface area contributed by atoms with Crippen LogP contribution < -0.4 is 4.90 Å². The van der Waals surface area contributed by atoms with E-state index in [1.807, 2.05) is 20.0 Å². The van der Waals surface area contributed by atoms with Crippen molar-refractivity contribution in [3.05, 3.63) is 23.7 Å². The summed E-state index contributed by atoms with van der Waals surface area (Å²) in [6.07, 6.45) is 2.53. The summed E-state index contributed by atoms with van der Waals surface area (Å²) in [5.41, 5.74) is 0.831. The van der Waals surface area contributed by atoms with Gasteiger partial charge in [-0.25, -0.2) is 4.98 Å². The van der Waals surface area contributed by atoms with Crippen LogP contribution in [-0.4, -0.2) is 32.5 Å². The number of oxazole rings is 1.